The van der Waals surface area contributed by atoms with Crippen LogP contribution < -0.4 is 0 Å². The molecule has 3 nitrogen and oxygen atoms in total. The third-order valence-electron chi connectivity index (χ3n) is 2.71. The van der Waals surface area contributed by atoms with Crippen molar-refractivity contribution in [1.82, 2.24) is 4.98 Å². The highest BCUT2D eigenvalue weighted by molar-refractivity contribution is 5.76. The van der Waals surface area contributed by atoms with E-state index < -0.39 is 17.7 Å². The molecule has 0 aliphatic carbocycles. The minimum atomic E-state index is -0.968. The molecule has 18 heavy (non-hydrogen) atoms. The molecule has 0 saturated heterocycles. The van der Waals surface area contributed by atoms with E-state index in [1.807, 2.05) is 6.07 Å². The van der Waals surface area contributed by atoms with Crippen molar-refractivity contribution in [3.05, 3.63) is 65.7 Å². The van der Waals surface area contributed by atoms with Gasteiger partial charge in [-0.05, 0) is 35.7 Å². The summed E-state index contributed by atoms with van der Waals surface area (Å²) in [6.07, 6.45) is 3.54. The highest BCUT2D eigenvalue weighted by atomic mass is 19.1. The Labute approximate surface area is 104 Å². The lowest BCUT2D eigenvalue weighted by Gasteiger charge is -2.12. The van der Waals surface area contributed by atoms with Crippen LogP contribution in [0.4, 0.5) is 4.39 Å². The molecule has 1 aromatic heterocycles. The van der Waals surface area contributed by atoms with Gasteiger partial charge in [0, 0.05) is 12.4 Å². The number of hydrogen-bond donors (Lipinski definition) is 1. The summed E-state index contributed by atoms with van der Waals surface area (Å²) in [4.78, 5) is 15.2. The largest absolute Gasteiger partial charge is 0.481 e. The molecule has 0 aliphatic rings. The Morgan fingerprint density at radius 3 is 2.78 bits per heavy atom. The minimum absolute atomic E-state index is 0.298. The van der Waals surface area contributed by atoms with E-state index in [0.29, 0.717) is 12.0 Å². The molecule has 2 aromatic rings. The number of pyridine rings is 1. The fourth-order valence-corrected chi connectivity index (χ4v) is 1.83. The van der Waals surface area contributed by atoms with Gasteiger partial charge in [0.05, 0.1) is 5.92 Å². The van der Waals surface area contributed by atoms with E-state index >= 15 is 0 Å². The van der Waals surface area contributed by atoms with Crippen molar-refractivity contribution in [3.8, 4) is 0 Å². The predicted octanol–water partition coefficient (Wildman–Crippen LogP) is 2.63. The van der Waals surface area contributed by atoms with Crippen molar-refractivity contribution in [2.24, 2.45) is 0 Å². The fraction of sp³-hybridized carbons (Fsp3) is 0.143. The molecule has 1 aromatic carbocycles. The van der Waals surface area contributed by atoms with Crippen LogP contribution in [0.3, 0.4) is 0 Å². The second-order valence-corrected chi connectivity index (χ2v) is 4.01. The molecule has 0 saturated carbocycles. The maximum atomic E-state index is 13.1. The molecule has 4 heteroatoms. The van der Waals surface area contributed by atoms with Gasteiger partial charge in [-0.2, -0.15) is 0 Å². The number of carbonyl (C=O) groups is 1. The summed E-state index contributed by atoms with van der Waals surface area (Å²) in [6.45, 7) is 0. The van der Waals surface area contributed by atoms with Crippen LogP contribution >= 0.6 is 0 Å². The molecule has 1 unspecified atom stereocenters. The van der Waals surface area contributed by atoms with Crippen molar-refractivity contribution in [2.75, 3.05) is 0 Å². The molecule has 2 rings (SSSR count). The van der Waals surface area contributed by atoms with Crippen LogP contribution in [0.2, 0.25) is 0 Å². The maximum absolute atomic E-state index is 13.1. The standard InChI is InChI=1S/C14H12FNO2/c15-12-5-1-4-11(8-12)13(14(17)18)7-10-3-2-6-16-9-10/h1-6,8-9,13H,7H2,(H,17,18). The van der Waals surface area contributed by atoms with E-state index in [0.717, 1.165) is 5.56 Å². The van der Waals surface area contributed by atoms with Crippen molar-refractivity contribution in [3.63, 3.8) is 0 Å². The first kappa shape index (κ1) is 12.2. The Morgan fingerprint density at radius 2 is 2.17 bits per heavy atom. The normalized spacial score (nSPS) is 12.1. The zero-order valence-corrected chi connectivity index (χ0v) is 9.58. The summed E-state index contributed by atoms with van der Waals surface area (Å²) >= 11 is 0. The topological polar surface area (TPSA) is 50.2 Å². The summed E-state index contributed by atoms with van der Waals surface area (Å²) in [5.74, 6) is -2.15. The molecule has 92 valence electrons. The number of carboxylic acid groups (broad SMARTS) is 1. The SMILES string of the molecule is O=C(O)C(Cc1cccnc1)c1cccc(F)c1. The van der Waals surface area contributed by atoms with Crippen molar-refractivity contribution >= 4 is 5.97 Å². The lowest BCUT2D eigenvalue weighted by Crippen LogP contribution is -2.14. The number of carboxylic acids is 1. The Hall–Kier alpha value is -2.23. The quantitative estimate of drug-likeness (QED) is 0.900. The Morgan fingerprint density at radius 1 is 1.33 bits per heavy atom. The lowest BCUT2D eigenvalue weighted by molar-refractivity contribution is -0.138. The van der Waals surface area contributed by atoms with Crippen LogP contribution in [0.1, 0.15) is 17.0 Å². The summed E-state index contributed by atoms with van der Waals surface area (Å²) in [5, 5.41) is 9.24. The minimum Gasteiger partial charge on any atom is -0.481 e. The van der Waals surface area contributed by atoms with Gasteiger partial charge in [0.15, 0.2) is 0 Å². The highest BCUT2D eigenvalue weighted by Gasteiger charge is 2.20. The molecule has 0 spiro atoms. The van der Waals surface area contributed by atoms with E-state index in [2.05, 4.69) is 4.98 Å². The van der Waals surface area contributed by atoms with E-state index in [1.54, 1.807) is 24.5 Å². The summed E-state index contributed by atoms with van der Waals surface area (Å²) in [5.41, 5.74) is 1.28. The molecule has 0 fully saturated rings. The van der Waals surface area contributed by atoms with Crippen LogP contribution in [0.15, 0.2) is 48.8 Å². The average molecular weight is 245 g/mol. The third-order valence-corrected chi connectivity index (χ3v) is 2.71. The van der Waals surface area contributed by atoms with Crippen molar-refractivity contribution in [2.45, 2.75) is 12.3 Å². The molecule has 0 radical (unpaired) electrons. The summed E-state index contributed by atoms with van der Waals surface area (Å²) in [7, 11) is 0. The van der Waals surface area contributed by atoms with Crippen molar-refractivity contribution < 1.29 is 14.3 Å². The van der Waals surface area contributed by atoms with Gasteiger partial charge in [-0.1, -0.05) is 18.2 Å². The van der Waals surface area contributed by atoms with E-state index in [1.165, 1.54) is 18.2 Å². The lowest BCUT2D eigenvalue weighted by atomic mass is 9.93. The number of halogens is 1. The van der Waals surface area contributed by atoms with Crippen molar-refractivity contribution in [1.29, 1.82) is 0 Å². The summed E-state index contributed by atoms with van der Waals surface area (Å²) < 4.78 is 13.1. The molecular formula is C14H12FNO2. The van der Waals surface area contributed by atoms with Gasteiger partial charge in [-0.3, -0.25) is 9.78 Å². The molecule has 0 aliphatic heterocycles. The van der Waals surface area contributed by atoms with Gasteiger partial charge in [-0.25, -0.2) is 4.39 Å². The van der Waals surface area contributed by atoms with E-state index in [4.69, 9.17) is 0 Å². The molecular weight excluding hydrogens is 233 g/mol. The molecule has 1 atom stereocenters. The van der Waals surface area contributed by atoms with E-state index in [9.17, 15) is 14.3 Å². The highest BCUT2D eigenvalue weighted by Crippen LogP contribution is 2.21. The maximum Gasteiger partial charge on any atom is 0.311 e. The summed E-state index contributed by atoms with van der Waals surface area (Å²) in [6, 6.07) is 9.26. The first-order chi connectivity index (χ1) is 8.66. The van der Waals surface area contributed by atoms with Crippen LogP contribution in [0, 0.1) is 5.82 Å². The van der Waals surface area contributed by atoms with Gasteiger partial charge in [0.25, 0.3) is 0 Å². The Bertz CT molecular complexity index is 543. The average Bonchev–Trinajstić information content (AvgIpc) is 2.37. The second kappa shape index (κ2) is 5.40. The number of rotatable bonds is 4. The van der Waals surface area contributed by atoms with E-state index in [-0.39, 0.29) is 0 Å². The zero-order chi connectivity index (χ0) is 13.0. The second-order valence-electron chi connectivity index (χ2n) is 4.01. The first-order valence-corrected chi connectivity index (χ1v) is 5.54. The van der Waals surface area contributed by atoms with Crippen LogP contribution in [-0.2, 0) is 11.2 Å². The number of nitrogens with zero attached hydrogens (tertiary/aromatic N) is 1. The van der Waals surface area contributed by atoms with Gasteiger partial charge in [0.2, 0.25) is 0 Å². The van der Waals surface area contributed by atoms with Crippen LogP contribution in [0.5, 0.6) is 0 Å². The Kier molecular flexibility index (Phi) is 3.67. The Balaban J connectivity index is 2.27. The fourth-order valence-electron chi connectivity index (χ4n) is 1.83. The number of aromatic nitrogens is 1. The predicted molar refractivity (Wildman–Crippen MR) is 64.7 cm³/mol. The van der Waals surface area contributed by atoms with Gasteiger partial charge in [0.1, 0.15) is 5.82 Å². The van der Waals surface area contributed by atoms with Crippen LogP contribution in [0.25, 0.3) is 0 Å². The molecule has 1 N–H and O–H groups in total. The number of benzene rings is 1. The van der Waals surface area contributed by atoms with Gasteiger partial charge in [-0.15, -0.1) is 0 Å². The van der Waals surface area contributed by atoms with Crippen LogP contribution in [-0.4, -0.2) is 16.1 Å². The third kappa shape index (κ3) is 2.91. The monoisotopic (exact) mass is 245 g/mol. The van der Waals surface area contributed by atoms with Gasteiger partial charge >= 0.3 is 5.97 Å². The van der Waals surface area contributed by atoms with Gasteiger partial charge < -0.3 is 5.11 Å². The number of aliphatic carboxylic acids is 1. The molecule has 0 amide bonds. The molecule has 0 bridgehead atoms. The smallest absolute Gasteiger partial charge is 0.311 e. The number of hydrogen-bond acceptors (Lipinski definition) is 2. The molecule has 1 heterocycles. The zero-order valence-electron chi connectivity index (χ0n) is 9.58. The first-order valence-electron chi connectivity index (χ1n) is 5.54.